The number of non-ortho nitro benzene ring substituents is 1. The molecule has 2 rings (SSSR count). The van der Waals surface area contributed by atoms with E-state index in [-0.39, 0.29) is 17.2 Å². The molecule has 0 aromatic heterocycles. The molecule has 0 heterocycles. The Morgan fingerprint density at radius 2 is 1.95 bits per heavy atom. The molecule has 2 atom stereocenters. The van der Waals surface area contributed by atoms with Crippen LogP contribution in [0.25, 0.3) is 0 Å². The molecular weight excluding hydrogens is 244 g/mol. The van der Waals surface area contributed by atoms with E-state index in [1.807, 2.05) is 0 Å². The number of nitro benzene ring substituents is 1. The molecule has 0 radical (unpaired) electrons. The van der Waals surface area contributed by atoms with Gasteiger partial charge < -0.3 is 10.4 Å². The highest BCUT2D eigenvalue weighted by molar-refractivity contribution is 5.32. The number of nitrogens with zero attached hydrogens (tertiary/aromatic N) is 1. The third kappa shape index (κ3) is 3.75. The first-order valence-electron chi connectivity index (χ1n) is 6.78. The summed E-state index contributed by atoms with van der Waals surface area (Å²) in [7, 11) is 0. The molecular formula is C14H20N2O3. The predicted octanol–water partition coefficient (Wildman–Crippen LogP) is 2.24. The van der Waals surface area contributed by atoms with Crippen molar-refractivity contribution < 1.29 is 10.0 Å². The second kappa shape index (κ2) is 6.63. The molecule has 104 valence electrons. The van der Waals surface area contributed by atoms with E-state index in [1.165, 1.54) is 25.0 Å². The van der Waals surface area contributed by atoms with Crippen LogP contribution in [-0.4, -0.2) is 22.7 Å². The Labute approximate surface area is 112 Å². The van der Waals surface area contributed by atoms with Crippen molar-refractivity contribution in [3.8, 4) is 0 Å². The van der Waals surface area contributed by atoms with E-state index in [1.54, 1.807) is 12.1 Å². The van der Waals surface area contributed by atoms with Crippen LogP contribution in [0.4, 0.5) is 5.69 Å². The fraction of sp³-hybridized carbons (Fsp3) is 0.571. The van der Waals surface area contributed by atoms with Crippen LogP contribution in [-0.2, 0) is 6.54 Å². The summed E-state index contributed by atoms with van der Waals surface area (Å²) in [5.74, 6) is 0.340. The van der Waals surface area contributed by atoms with Gasteiger partial charge in [-0.3, -0.25) is 10.1 Å². The van der Waals surface area contributed by atoms with Crippen molar-refractivity contribution in [1.82, 2.24) is 5.32 Å². The Kier molecular flexibility index (Phi) is 4.87. The third-order valence-corrected chi connectivity index (χ3v) is 3.86. The maximum atomic E-state index is 10.6. The highest BCUT2D eigenvalue weighted by Gasteiger charge is 2.23. The van der Waals surface area contributed by atoms with E-state index in [9.17, 15) is 15.2 Å². The summed E-state index contributed by atoms with van der Waals surface area (Å²) in [6.07, 6.45) is 4.57. The molecule has 1 aliphatic rings. The largest absolute Gasteiger partial charge is 0.396 e. The van der Waals surface area contributed by atoms with E-state index in [2.05, 4.69) is 5.32 Å². The topological polar surface area (TPSA) is 75.4 Å². The summed E-state index contributed by atoms with van der Waals surface area (Å²) in [4.78, 5) is 10.2. The number of nitro groups is 1. The molecule has 1 aromatic carbocycles. The SMILES string of the molecule is O=[N+]([O-])c1ccc(CNC2CCCCC2CO)cc1. The third-order valence-electron chi connectivity index (χ3n) is 3.86. The summed E-state index contributed by atoms with van der Waals surface area (Å²) in [5, 5.41) is 23.4. The van der Waals surface area contributed by atoms with Crippen molar-refractivity contribution >= 4 is 5.69 Å². The molecule has 1 fully saturated rings. The van der Waals surface area contributed by atoms with Gasteiger partial charge >= 0.3 is 0 Å². The number of aliphatic hydroxyl groups excluding tert-OH is 1. The van der Waals surface area contributed by atoms with Crippen molar-refractivity contribution in [1.29, 1.82) is 0 Å². The van der Waals surface area contributed by atoms with Gasteiger partial charge in [0.1, 0.15) is 0 Å². The molecule has 5 heteroatoms. The monoisotopic (exact) mass is 264 g/mol. The maximum Gasteiger partial charge on any atom is 0.269 e. The molecule has 0 aliphatic heterocycles. The van der Waals surface area contributed by atoms with E-state index in [0.29, 0.717) is 18.5 Å². The van der Waals surface area contributed by atoms with Gasteiger partial charge in [-0.1, -0.05) is 25.0 Å². The van der Waals surface area contributed by atoms with E-state index in [0.717, 1.165) is 18.4 Å². The van der Waals surface area contributed by atoms with Crippen molar-refractivity contribution in [2.45, 2.75) is 38.3 Å². The smallest absolute Gasteiger partial charge is 0.269 e. The summed E-state index contributed by atoms with van der Waals surface area (Å²) in [6.45, 7) is 0.928. The Hall–Kier alpha value is -1.46. The summed E-state index contributed by atoms with van der Waals surface area (Å²) >= 11 is 0. The van der Waals surface area contributed by atoms with Gasteiger partial charge in [0.05, 0.1) is 4.92 Å². The zero-order chi connectivity index (χ0) is 13.7. The molecule has 5 nitrogen and oxygen atoms in total. The first-order valence-corrected chi connectivity index (χ1v) is 6.78. The fourth-order valence-corrected chi connectivity index (χ4v) is 2.68. The van der Waals surface area contributed by atoms with E-state index < -0.39 is 0 Å². The quantitative estimate of drug-likeness (QED) is 0.631. The van der Waals surface area contributed by atoms with Crippen LogP contribution >= 0.6 is 0 Å². The van der Waals surface area contributed by atoms with Gasteiger partial charge in [-0.15, -0.1) is 0 Å². The minimum absolute atomic E-state index is 0.120. The summed E-state index contributed by atoms with van der Waals surface area (Å²) in [5.41, 5.74) is 1.16. The zero-order valence-electron chi connectivity index (χ0n) is 10.9. The van der Waals surface area contributed by atoms with Gasteiger partial charge in [-0.25, -0.2) is 0 Å². The summed E-state index contributed by atoms with van der Waals surface area (Å²) in [6, 6.07) is 6.97. The minimum atomic E-state index is -0.389. The molecule has 0 saturated heterocycles. The van der Waals surface area contributed by atoms with Crippen molar-refractivity contribution in [3.63, 3.8) is 0 Å². The summed E-state index contributed by atoms with van der Waals surface area (Å²) < 4.78 is 0. The first kappa shape index (κ1) is 14.0. The van der Waals surface area contributed by atoms with Gasteiger partial charge in [0.15, 0.2) is 0 Å². The highest BCUT2D eigenvalue weighted by Crippen LogP contribution is 2.24. The molecule has 2 unspecified atom stereocenters. The Balaban J connectivity index is 1.88. The zero-order valence-corrected chi connectivity index (χ0v) is 10.9. The first-order chi connectivity index (χ1) is 9.20. The Bertz CT molecular complexity index is 419. The second-order valence-corrected chi connectivity index (χ2v) is 5.14. The number of benzene rings is 1. The molecule has 19 heavy (non-hydrogen) atoms. The van der Waals surface area contributed by atoms with Crippen LogP contribution in [0.1, 0.15) is 31.2 Å². The average molecular weight is 264 g/mol. The van der Waals surface area contributed by atoms with Crippen LogP contribution in [0.3, 0.4) is 0 Å². The Morgan fingerprint density at radius 3 is 2.58 bits per heavy atom. The number of aliphatic hydroxyl groups is 1. The molecule has 0 spiro atoms. The lowest BCUT2D eigenvalue weighted by atomic mass is 9.85. The van der Waals surface area contributed by atoms with Gasteiger partial charge in [0.2, 0.25) is 0 Å². The molecule has 1 saturated carbocycles. The van der Waals surface area contributed by atoms with E-state index >= 15 is 0 Å². The lowest BCUT2D eigenvalue weighted by molar-refractivity contribution is -0.384. The van der Waals surface area contributed by atoms with Gasteiger partial charge in [-0.05, 0) is 24.3 Å². The highest BCUT2D eigenvalue weighted by atomic mass is 16.6. The maximum absolute atomic E-state index is 10.6. The van der Waals surface area contributed by atoms with Crippen molar-refractivity contribution in [2.24, 2.45) is 5.92 Å². The van der Waals surface area contributed by atoms with Crippen LogP contribution in [0, 0.1) is 16.0 Å². The van der Waals surface area contributed by atoms with Crippen LogP contribution in [0.2, 0.25) is 0 Å². The van der Waals surface area contributed by atoms with Crippen LogP contribution in [0.15, 0.2) is 24.3 Å². The van der Waals surface area contributed by atoms with Gasteiger partial charge in [0.25, 0.3) is 5.69 Å². The number of hydrogen-bond acceptors (Lipinski definition) is 4. The Morgan fingerprint density at radius 1 is 1.26 bits per heavy atom. The van der Waals surface area contributed by atoms with Crippen molar-refractivity contribution in [3.05, 3.63) is 39.9 Å². The lowest BCUT2D eigenvalue weighted by Gasteiger charge is -2.31. The van der Waals surface area contributed by atoms with Crippen molar-refractivity contribution in [2.75, 3.05) is 6.61 Å². The van der Waals surface area contributed by atoms with Crippen LogP contribution < -0.4 is 5.32 Å². The number of rotatable bonds is 5. The molecule has 1 aromatic rings. The minimum Gasteiger partial charge on any atom is -0.396 e. The van der Waals surface area contributed by atoms with Gasteiger partial charge in [0, 0.05) is 31.3 Å². The fourth-order valence-electron chi connectivity index (χ4n) is 2.68. The normalized spacial score (nSPS) is 23.2. The predicted molar refractivity (Wildman–Crippen MR) is 72.8 cm³/mol. The van der Waals surface area contributed by atoms with Gasteiger partial charge in [-0.2, -0.15) is 0 Å². The number of nitrogens with one attached hydrogen (secondary N) is 1. The molecule has 1 aliphatic carbocycles. The molecule has 0 amide bonds. The number of hydrogen-bond donors (Lipinski definition) is 2. The van der Waals surface area contributed by atoms with Crippen LogP contribution in [0.5, 0.6) is 0 Å². The molecule has 2 N–H and O–H groups in total. The lowest BCUT2D eigenvalue weighted by Crippen LogP contribution is -2.39. The second-order valence-electron chi connectivity index (χ2n) is 5.14. The van der Waals surface area contributed by atoms with E-state index in [4.69, 9.17) is 0 Å². The standard InChI is InChI=1S/C14H20N2O3/c17-10-12-3-1-2-4-14(12)15-9-11-5-7-13(8-6-11)16(18)19/h5-8,12,14-15,17H,1-4,9-10H2. The molecule has 0 bridgehead atoms. The average Bonchev–Trinajstić information content (AvgIpc) is 2.45.